The van der Waals surface area contributed by atoms with E-state index in [4.69, 9.17) is 8.78 Å². The Morgan fingerprint density at radius 2 is 1.86 bits per heavy atom. The van der Waals surface area contributed by atoms with Crippen LogP contribution in [0.1, 0.15) is 20.3 Å². The number of hydrogen-bond donors (Lipinski definition) is 1. The Labute approximate surface area is 53.1 Å². The van der Waals surface area contributed by atoms with Crippen LogP contribution in [0.15, 0.2) is 0 Å². The van der Waals surface area contributed by atoms with Gasteiger partial charge in [-0.15, -0.1) is 0 Å². The van der Waals surface area contributed by atoms with Gasteiger partial charge in [-0.25, -0.2) is 0 Å². The third-order valence-corrected chi connectivity index (χ3v) is 0.591. The normalized spacial score (nSPS) is 11.1. The van der Waals surface area contributed by atoms with E-state index in [2.05, 4.69) is 0 Å². The fraction of sp³-hybridized carbons (Fsp3) is 1.00. The van der Waals surface area contributed by atoms with Crippen LogP contribution in [0.3, 0.4) is 0 Å². The molecule has 0 aliphatic rings. The molecule has 0 bridgehead atoms. The van der Waals surface area contributed by atoms with E-state index in [0.717, 1.165) is 23.8 Å². The van der Waals surface area contributed by atoms with E-state index in [-0.39, 0.29) is 6.10 Å². The van der Waals surface area contributed by atoms with Gasteiger partial charge in [0.25, 0.3) is 0 Å². The summed E-state index contributed by atoms with van der Waals surface area (Å²) in [6.45, 7) is 3.73. The van der Waals surface area contributed by atoms with Gasteiger partial charge in [-0.1, -0.05) is 6.92 Å². The predicted molar refractivity (Wildman–Crippen MR) is 22.7 cm³/mol. The number of rotatable bonds is 1. The van der Waals surface area contributed by atoms with E-state index in [1.807, 2.05) is 6.92 Å². The van der Waals surface area contributed by atoms with E-state index >= 15 is 0 Å². The number of hydrogen-bond acceptors (Lipinski definition) is 2. The fourth-order valence-electron chi connectivity index (χ4n) is 0. The van der Waals surface area contributed by atoms with Crippen molar-refractivity contribution in [2.45, 2.75) is 26.4 Å². The van der Waals surface area contributed by atoms with Crippen molar-refractivity contribution in [3.8, 4) is 0 Å². The van der Waals surface area contributed by atoms with Crippen molar-refractivity contribution in [2.75, 3.05) is 0 Å². The van der Waals surface area contributed by atoms with Crippen LogP contribution in [0.5, 0.6) is 0 Å². The summed E-state index contributed by atoms with van der Waals surface area (Å²) in [5.74, 6) is 0. The van der Waals surface area contributed by atoms with Crippen molar-refractivity contribution < 1.29 is 26.1 Å². The first-order valence-corrected chi connectivity index (χ1v) is 2.70. The van der Waals surface area contributed by atoms with Crippen LogP contribution in [-0.2, 0) is 21.0 Å². The zero-order valence-corrected chi connectivity index (χ0v) is 5.98. The topological polar surface area (TPSA) is 37.3 Å². The molecule has 43 valence electrons. The average Bonchev–Trinajstić information content (AvgIpc) is 1.73. The minimum atomic E-state index is -0.116. The molecule has 1 atom stereocenters. The molecule has 1 N–H and O–H groups in total. The van der Waals surface area contributed by atoms with E-state index in [0.29, 0.717) is 0 Å². The molecule has 0 amide bonds. The Bertz CT molecular complexity index is 30.9. The Morgan fingerprint density at radius 1 is 1.71 bits per heavy atom. The molecule has 7 heavy (non-hydrogen) atoms. The molecule has 0 fully saturated rings. The van der Waals surface area contributed by atoms with E-state index in [1.54, 1.807) is 6.92 Å². The zero-order valence-electron chi connectivity index (χ0n) is 4.59. The first kappa shape index (κ1) is 10.3. The molecular weight excluding hydrogens is 131 g/mol. The number of aliphatic hydroxyl groups excluding tert-OH is 1. The molecule has 0 rings (SSSR count). The Morgan fingerprint density at radius 3 is 1.86 bits per heavy atom. The van der Waals surface area contributed by atoms with Crippen LogP contribution in [0, 0.1) is 0 Å². The third kappa shape index (κ3) is 21.8. The Kier molecular flexibility index (Phi) is 14.2. The maximum atomic E-state index is 8.36. The second-order valence-corrected chi connectivity index (χ2v) is 1.26. The van der Waals surface area contributed by atoms with Crippen molar-refractivity contribution in [3.63, 3.8) is 0 Å². The molecule has 0 aromatic heterocycles. The molecule has 0 saturated heterocycles. The van der Waals surface area contributed by atoms with Gasteiger partial charge in [0.2, 0.25) is 0 Å². The zero-order chi connectivity index (χ0) is 6.28. The summed E-state index contributed by atoms with van der Waals surface area (Å²) in [5, 5.41) is 8.36. The molecule has 0 aromatic carbocycles. The first-order valence-electron chi connectivity index (χ1n) is 2.13. The molecule has 0 aliphatic carbocycles. The van der Waals surface area contributed by atoms with Gasteiger partial charge in [-0.2, -0.15) is 0 Å². The maximum absolute atomic E-state index is 8.36. The molecule has 1 unspecified atom stereocenters. The molecule has 0 saturated carbocycles. The third-order valence-electron chi connectivity index (χ3n) is 0.591. The average molecular weight is 141 g/mol. The van der Waals surface area contributed by atoms with Gasteiger partial charge >= 0.3 is 21.0 Å². The van der Waals surface area contributed by atoms with Gasteiger partial charge in [-0.05, 0) is 13.3 Å². The quantitative estimate of drug-likeness (QED) is 0.582. The SMILES string of the molecule is CCC(C)O.[O]=[V]. The summed E-state index contributed by atoms with van der Waals surface area (Å²) in [6.07, 6.45) is 0.745. The summed E-state index contributed by atoms with van der Waals surface area (Å²) in [4.78, 5) is 0. The molecule has 0 aliphatic heterocycles. The Balaban J connectivity index is 0. The second kappa shape index (κ2) is 9.60. The van der Waals surface area contributed by atoms with E-state index in [1.165, 1.54) is 0 Å². The van der Waals surface area contributed by atoms with Gasteiger partial charge in [0, 0.05) is 0 Å². The standard InChI is InChI=1S/C4H10O.O.V/c1-3-4(2)5;;/h4-5H,3H2,1-2H3;;. The molecule has 0 radical (unpaired) electrons. The minimum absolute atomic E-state index is 0.116. The molecular formula is C4H10O2V. The fourth-order valence-corrected chi connectivity index (χ4v) is 0. The van der Waals surface area contributed by atoms with Crippen molar-refractivity contribution in [1.29, 1.82) is 0 Å². The van der Waals surface area contributed by atoms with Crippen molar-refractivity contribution in [3.05, 3.63) is 0 Å². The summed E-state index contributed by atoms with van der Waals surface area (Å²) < 4.78 is 8.19. The predicted octanol–water partition coefficient (Wildman–Crippen LogP) is 0.656. The van der Waals surface area contributed by atoms with E-state index < -0.39 is 0 Å². The summed E-state index contributed by atoms with van der Waals surface area (Å²) in [5.41, 5.74) is 0. The van der Waals surface area contributed by atoms with Crippen LogP contribution >= 0.6 is 0 Å². The van der Waals surface area contributed by atoms with Crippen LogP contribution in [0.2, 0.25) is 0 Å². The Hall–Kier alpha value is 0.344. The van der Waals surface area contributed by atoms with Crippen LogP contribution in [-0.4, -0.2) is 11.2 Å². The van der Waals surface area contributed by atoms with Gasteiger partial charge in [0.1, 0.15) is 0 Å². The summed E-state index contributed by atoms with van der Waals surface area (Å²) in [6, 6.07) is 0. The van der Waals surface area contributed by atoms with Gasteiger partial charge in [0.15, 0.2) is 0 Å². The van der Waals surface area contributed by atoms with Crippen LogP contribution in [0.4, 0.5) is 0 Å². The summed E-state index contributed by atoms with van der Waals surface area (Å²) in [7, 11) is 0. The first-order chi connectivity index (χ1) is 3.27. The molecule has 0 aromatic rings. The van der Waals surface area contributed by atoms with Crippen molar-refractivity contribution in [2.24, 2.45) is 0 Å². The monoisotopic (exact) mass is 141 g/mol. The van der Waals surface area contributed by atoms with Crippen molar-refractivity contribution >= 4 is 0 Å². The molecule has 0 heterocycles. The summed E-state index contributed by atoms with van der Waals surface area (Å²) >= 11 is 1.06. The second-order valence-electron chi connectivity index (χ2n) is 1.26. The van der Waals surface area contributed by atoms with Crippen LogP contribution < -0.4 is 0 Å². The molecule has 0 spiro atoms. The van der Waals surface area contributed by atoms with E-state index in [9.17, 15) is 0 Å². The van der Waals surface area contributed by atoms with Crippen LogP contribution in [0.25, 0.3) is 0 Å². The number of aliphatic hydroxyl groups is 1. The van der Waals surface area contributed by atoms with Gasteiger partial charge in [-0.3, -0.25) is 0 Å². The van der Waals surface area contributed by atoms with Gasteiger partial charge < -0.3 is 5.11 Å². The molecule has 2 nitrogen and oxygen atoms in total. The van der Waals surface area contributed by atoms with Gasteiger partial charge in [0.05, 0.1) is 6.10 Å². The van der Waals surface area contributed by atoms with Crippen molar-refractivity contribution in [1.82, 2.24) is 0 Å². The molecule has 3 heteroatoms.